The van der Waals surface area contributed by atoms with E-state index in [2.05, 4.69) is 10.6 Å². The summed E-state index contributed by atoms with van der Waals surface area (Å²) in [6, 6.07) is 3.39. The first-order valence-corrected chi connectivity index (χ1v) is 14.3. The fourth-order valence-corrected chi connectivity index (χ4v) is 4.64. The summed E-state index contributed by atoms with van der Waals surface area (Å²) in [7, 11) is 0. The number of hydrogen-bond acceptors (Lipinski definition) is 9. The topological polar surface area (TPSA) is 165 Å². The van der Waals surface area contributed by atoms with E-state index in [-0.39, 0.29) is 72.7 Å². The van der Waals surface area contributed by atoms with Crippen molar-refractivity contribution in [2.75, 3.05) is 13.2 Å². The van der Waals surface area contributed by atoms with E-state index >= 15 is 0 Å². The predicted octanol–water partition coefficient (Wildman–Crippen LogP) is 2.47. The molecule has 3 rings (SSSR count). The van der Waals surface area contributed by atoms with Crippen LogP contribution in [0.15, 0.2) is 18.2 Å². The molecule has 2 aliphatic rings. The summed E-state index contributed by atoms with van der Waals surface area (Å²) in [6.45, 7) is 7.30. The molecule has 1 unspecified atom stereocenters. The minimum atomic E-state index is -1.09. The average Bonchev–Trinajstić information content (AvgIpc) is 3.17. The van der Waals surface area contributed by atoms with Gasteiger partial charge in [-0.3, -0.25) is 43.8 Å². The van der Waals surface area contributed by atoms with Crippen LogP contribution < -0.4 is 15.4 Å². The Bertz CT molecular complexity index is 1250. The summed E-state index contributed by atoms with van der Waals surface area (Å²) in [6.07, 6.45) is 2.89. The predicted molar refractivity (Wildman–Crippen MR) is 149 cm³/mol. The summed E-state index contributed by atoms with van der Waals surface area (Å²) < 4.78 is 10.9. The number of amides is 5. The molecule has 5 amide bonds. The highest BCUT2D eigenvalue weighted by Crippen LogP contribution is 2.33. The second kappa shape index (κ2) is 14.2. The van der Waals surface area contributed by atoms with Gasteiger partial charge in [-0.2, -0.15) is 0 Å². The molecular formula is C30H39N3O9. The quantitative estimate of drug-likeness (QED) is 0.189. The maximum Gasteiger partial charge on any atom is 0.309 e. The van der Waals surface area contributed by atoms with Crippen LogP contribution in [0.4, 0.5) is 0 Å². The summed E-state index contributed by atoms with van der Waals surface area (Å²) >= 11 is 0. The van der Waals surface area contributed by atoms with E-state index < -0.39 is 35.3 Å². The van der Waals surface area contributed by atoms with Gasteiger partial charge in [-0.05, 0) is 58.6 Å². The number of Topliss-reactive ketones (excluding diaryl/α,β-unsaturated/α-hetero) is 1. The summed E-state index contributed by atoms with van der Waals surface area (Å²) in [5.41, 5.74) is -0.490. The van der Waals surface area contributed by atoms with E-state index in [0.29, 0.717) is 32.2 Å². The fraction of sp³-hybridized carbons (Fsp3) is 0.567. The highest BCUT2D eigenvalue weighted by Gasteiger charge is 2.46. The number of fused-ring (bicyclic) bond motifs is 1. The number of hydrogen-bond donors (Lipinski definition) is 2. The van der Waals surface area contributed by atoms with Crippen molar-refractivity contribution in [1.29, 1.82) is 0 Å². The van der Waals surface area contributed by atoms with Crippen molar-refractivity contribution in [1.82, 2.24) is 15.5 Å². The van der Waals surface area contributed by atoms with Crippen molar-refractivity contribution in [2.45, 2.75) is 90.7 Å². The van der Waals surface area contributed by atoms with Gasteiger partial charge in [0.2, 0.25) is 17.7 Å². The van der Waals surface area contributed by atoms with Gasteiger partial charge in [-0.1, -0.05) is 19.4 Å². The summed E-state index contributed by atoms with van der Waals surface area (Å²) in [4.78, 5) is 87.1. The molecule has 2 N–H and O–H groups in total. The van der Waals surface area contributed by atoms with Gasteiger partial charge >= 0.3 is 5.97 Å². The Labute approximate surface area is 244 Å². The third-order valence-electron chi connectivity index (χ3n) is 6.89. The van der Waals surface area contributed by atoms with E-state index in [4.69, 9.17) is 9.47 Å². The second-order valence-electron chi connectivity index (χ2n) is 11.6. The Morgan fingerprint density at radius 1 is 1.05 bits per heavy atom. The molecule has 0 spiro atoms. The lowest BCUT2D eigenvalue weighted by molar-refractivity contribution is -0.159. The Balaban J connectivity index is 1.36. The van der Waals surface area contributed by atoms with Crippen molar-refractivity contribution >= 4 is 41.3 Å². The Kier molecular flexibility index (Phi) is 11.0. The molecule has 1 fully saturated rings. The van der Waals surface area contributed by atoms with Crippen LogP contribution >= 0.6 is 0 Å². The smallest absolute Gasteiger partial charge is 0.309 e. The van der Waals surface area contributed by atoms with Gasteiger partial charge < -0.3 is 14.8 Å². The molecule has 0 radical (unpaired) electrons. The van der Waals surface area contributed by atoms with Gasteiger partial charge in [-0.25, -0.2) is 0 Å². The number of ketones is 1. The number of carbonyl (C=O) groups is 7. The zero-order valence-corrected chi connectivity index (χ0v) is 24.6. The highest BCUT2D eigenvalue weighted by molar-refractivity contribution is 6.24. The molecule has 0 saturated carbocycles. The largest absolute Gasteiger partial charge is 0.485 e. The van der Waals surface area contributed by atoms with Gasteiger partial charge in [-0.15, -0.1) is 0 Å². The molecule has 2 aliphatic heterocycles. The van der Waals surface area contributed by atoms with Crippen LogP contribution in [0.1, 0.15) is 99.8 Å². The zero-order chi connectivity index (χ0) is 31.0. The van der Waals surface area contributed by atoms with Crippen LogP contribution in [0.5, 0.6) is 5.75 Å². The second-order valence-corrected chi connectivity index (χ2v) is 11.6. The van der Waals surface area contributed by atoms with Gasteiger partial charge in [0.1, 0.15) is 24.0 Å². The number of piperidine rings is 1. The van der Waals surface area contributed by atoms with E-state index in [0.717, 1.165) is 4.90 Å². The number of imide groups is 2. The standard InChI is InChI=1S/C30H39N3O9/c1-18(29(40)42-30(2,3)4)12-14-23(35)31-16-7-5-6-9-19(34)17-41-22-11-8-10-20-25(22)28(39)33(27(20)38)21-13-15-24(36)32-26(21)37/h8,10-11,18,21H,5-7,9,12-17H2,1-4H3,(H,31,35)(H,32,36,37)/t18-,21?/m0/s1. The van der Waals surface area contributed by atoms with E-state index in [1.54, 1.807) is 27.7 Å². The third-order valence-corrected chi connectivity index (χ3v) is 6.89. The van der Waals surface area contributed by atoms with Crippen molar-refractivity contribution in [3.8, 4) is 5.75 Å². The molecular weight excluding hydrogens is 546 g/mol. The minimum absolute atomic E-state index is 0.00349. The van der Waals surface area contributed by atoms with Crippen molar-refractivity contribution in [2.24, 2.45) is 5.92 Å². The normalized spacial score (nSPS) is 17.4. The Morgan fingerprint density at radius 2 is 1.79 bits per heavy atom. The zero-order valence-electron chi connectivity index (χ0n) is 24.6. The number of benzene rings is 1. The monoisotopic (exact) mass is 585 g/mol. The molecule has 1 aromatic carbocycles. The molecule has 0 aromatic heterocycles. The van der Waals surface area contributed by atoms with Crippen molar-refractivity contribution < 1.29 is 43.0 Å². The van der Waals surface area contributed by atoms with Crippen LogP contribution in [0.3, 0.4) is 0 Å². The number of esters is 1. The lowest BCUT2D eigenvalue weighted by Crippen LogP contribution is -2.54. The Hall–Kier alpha value is -4.09. The van der Waals surface area contributed by atoms with Crippen molar-refractivity contribution in [3.63, 3.8) is 0 Å². The average molecular weight is 586 g/mol. The number of ether oxygens (including phenoxy) is 2. The SMILES string of the molecule is C[C@@H](CCC(=O)NCCCCCC(=O)COc1cccc2c1C(=O)N(C1CCC(=O)NC1=O)C2=O)C(=O)OC(C)(C)C. The number of nitrogens with zero attached hydrogens (tertiary/aromatic N) is 1. The lowest BCUT2D eigenvalue weighted by Gasteiger charge is -2.27. The van der Waals surface area contributed by atoms with E-state index in [1.807, 2.05) is 0 Å². The van der Waals surface area contributed by atoms with Crippen LogP contribution in [0, 0.1) is 5.92 Å². The molecule has 2 atom stereocenters. The summed E-state index contributed by atoms with van der Waals surface area (Å²) in [5.74, 6) is -3.45. The fourth-order valence-electron chi connectivity index (χ4n) is 4.64. The van der Waals surface area contributed by atoms with Gasteiger partial charge in [0, 0.05) is 25.8 Å². The first-order valence-electron chi connectivity index (χ1n) is 14.3. The molecule has 1 aromatic rings. The van der Waals surface area contributed by atoms with Crippen LogP contribution in [0.25, 0.3) is 0 Å². The van der Waals surface area contributed by atoms with Crippen LogP contribution in [-0.2, 0) is 28.7 Å². The Morgan fingerprint density at radius 3 is 2.48 bits per heavy atom. The molecule has 2 heterocycles. The van der Waals surface area contributed by atoms with Gasteiger partial charge in [0.25, 0.3) is 11.8 Å². The van der Waals surface area contributed by atoms with E-state index in [9.17, 15) is 33.6 Å². The highest BCUT2D eigenvalue weighted by atomic mass is 16.6. The van der Waals surface area contributed by atoms with Gasteiger partial charge in [0.05, 0.1) is 17.0 Å². The molecule has 228 valence electrons. The number of unbranched alkanes of at least 4 members (excludes halogenated alkanes) is 2. The first kappa shape index (κ1) is 32.4. The number of rotatable bonds is 14. The van der Waals surface area contributed by atoms with E-state index in [1.165, 1.54) is 18.2 Å². The number of carbonyl (C=O) groups excluding carboxylic acids is 7. The minimum Gasteiger partial charge on any atom is -0.485 e. The van der Waals surface area contributed by atoms with Gasteiger partial charge in [0.15, 0.2) is 5.78 Å². The maximum atomic E-state index is 13.1. The van der Waals surface area contributed by atoms with Crippen LogP contribution in [-0.4, -0.2) is 71.0 Å². The number of nitrogens with one attached hydrogen (secondary N) is 2. The third kappa shape index (κ3) is 8.70. The van der Waals surface area contributed by atoms with Crippen LogP contribution in [0.2, 0.25) is 0 Å². The first-order chi connectivity index (χ1) is 19.8. The molecule has 0 aliphatic carbocycles. The maximum absolute atomic E-state index is 13.1. The van der Waals surface area contributed by atoms with Crippen molar-refractivity contribution in [3.05, 3.63) is 29.3 Å². The summed E-state index contributed by atoms with van der Waals surface area (Å²) in [5, 5.41) is 4.97. The molecule has 1 saturated heterocycles. The molecule has 12 nitrogen and oxygen atoms in total. The lowest BCUT2D eigenvalue weighted by atomic mass is 10.0. The molecule has 0 bridgehead atoms. The molecule has 42 heavy (non-hydrogen) atoms. The molecule has 12 heteroatoms.